The molecule has 0 fully saturated rings. The van der Waals surface area contributed by atoms with E-state index in [9.17, 15) is 4.57 Å². The third-order valence-electron chi connectivity index (χ3n) is 2.05. The number of halogens is 2. The highest BCUT2D eigenvalue weighted by atomic mass is 35.5. The highest BCUT2D eigenvalue weighted by Crippen LogP contribution is 2.48. The van der Waals surface area contributed by atoms with E-state index in [0.717, 1.165) is 6.42 Å². The smallest absolute Gasteiger partial charge is 0.307 e. The largest absolute Gasteiger partial charge is 0.382 e. The van der Waals surface area contributed by atoms with Gasteiger partial charge in [-0.15, -0.1) is 0 Å². The minimum atomic E-state index is -3.47. The first-order valence-corrected chi connectivity index (χ1v) is 7.52. The van der Waals surface area contributed by atoms with Crippen molar-refractivity contribution in [3.63, 3.8) is 0 Å². The van der Waals surface area contributed by atoms with E-state index >= 15 is 0 Å². The van der Waals surface area contributed by atoms with E-state index in [0.29, 0.717) is 6.54 Å². The molecule has 17 heavy (non-hydrogen) atoms. The Balaban J connectivity index is 3.21. The number of aryl methyl sites for hydroxylation is 1. The first kappa shape index (κ1) is 15.0. The Bertz CT molecular complexity index is 436. The lowest BCUT2D eigenvalue weighted by molar-refractivity contribution is 0.253. The van der Waals surface area contributed by atoms with Crippen LogP contribution in [0, 0.1) is 0 Å². The molecule has 5 nitrogen and oxygen atoms in total. The Morgan fingerprint density at radius 3 is 2.53 bits per heavy atom. The summed E-state index contributed by atoms with van der Waals surface area (Å²) in [6.45, 7) is 4.52. The second kappa shape index (κ2) is 6.21. The van der Waals surface area contributed by atoms with Gasteiger partial charge in [-0.25, -0.2) is 0 Å². The third kappa shape index (κ3) is 3.04. The normalized spacial score (nSPS) is 14.9. The molecule has 0 bridgehead atoms. The van der Waals surface area contributed by atoms with E-state index < -0.39 is 7.60 Å². The summed E-state index contributed by atoms with van der Waals surface area (Å²) in [5.74, 6) is 0. The molecule has 1 aromatic heterocycles. The van der Waals surface area contributed by atoms with Crippen molar-refractivity contribution in [3.8, 4) is 0 Å². The van der Waals surface area contributed by atoms with E-state index in [4.69, 9.17) is 32.2 Å². The van der Waals surface area contributed by atoms with Crippen molar-refractivity contribution in [1.29, 1.82) is 0 Å². The average molecular weight is 301 g/mol. The monoisotopic (exact) mass is 300 g/mol. The zero-order valence-corrected chi connectivity index (χ0v) is 12.3. The maximum absolute atomic E-state index is 12.3. The van der Waals surface area contributed by atoms with Crippen LogP contribution in [0.3, 0.4) is 0 Å². The summed E-state index contributed by atoms with van der Waals surface area (Å²) in [7, 11) is -2.18. The van der Waals surface area contributed by atoms with Gasteiger partial charge < -0.3 is 9.05 Å². The van der Waals surface area contributed by atoms with Crippen molar-refractivity contribution >= 4 is 36.2 Å². The van der Waals surface area contributed by atoms with Crippen LogP contribution in [0.15, 0.2) is 0 Å². The van der Waals surface area contributed by atoms with Crippen LogP contribution in [0.1, 0.15) is 20.3 Å². The van der Waals surface area contributed by atoms with Crippen LogP contribution >= 0.6 is 30.8 Å². The van der Waals surface area contributed by atoms with E-state index in [2.05, 4.69) is 5.10 Å². The minimum Gasteiger partial charge on any atom is -0.307 e. The number of nitrogens with zero attached hydrogens (tertiary/aromatic N) is 2. The molecule has 8 heteroatoms. The van der Waals surface area contributed by atoms with Gasteiger partial charge in [-0.05, 0) is 13.3 Å². The Labute approximate surface area is 111 Å². The summed E-state index contributed by atoms with van der Waals surface area (Å²) in [5, 5.41) is 4.47. The first-order chi connectivity index (χ1) is 8.00. The van der Waals surface area contributed by atoms with E-state index in [-0.39, 0.29) is 22.2 Å². The molecular formula is C9H15Cl2N2O3P. The molecule has 0 aromatic carbocycles. The highest BCUT2D eigenvalue weighted by molar-refractivity contribution is 7.62. The van der Waals surface area contributed by atoms with Crippen LogP contribution in [0.5, 0.6) is 0 Å². The molecular weight excluding hydrogens is 286 g/mol. The predicted molar refractivity (Wildman–Crippen MR) is 68.4 cm³/mol. The molecule has 1 aromatic rings. The van der Waals surface area contributed by atoms with Gasteiger partial charge in [0.05, 0.1) is 6.61 Å². The van der Waals surface area contributed by atoms with Gasteiger partial charge in [-0.2, -0.15) is 5.10 Å². The van der Waals surface area contributed by atoms with Crippen molar-refractivity contribution in [2.45, 2.75) is 26.8 Å². The molecule has 0 aliphatic rings. The maximum Gasteiger partial charge on any atom is 0.382 e. The second-order valence-electron chi connectivity index (χ2n) is 3.25. The number of rotatable bonds is 6. The average Bonchev–Trinajstić information content (AvgIpc) is 2.59. The first-order valence-electron chi connectivity index (χ1n) is 5.22. The molecule has 98 valence electrons. The number of hydrogen-bond donors (Lipinski definition) is 0. The highest BCUT2D eigenvalue weighted by Gasteiger charge is 2.34. The summed E-state index contributed by atoms with van der Waals surface area (Å²) < 4.78 is 23.8. The molecule has 0 saturated heterocycles. The standard InChI is InChI=1S/C9H15Cl2N2O3P/c1-4-6-13-8(11)7(10)9(12-13)17(14,15-3)16-5-2/h4-6H2,1-3H3. The molecule has 0 aliphatic heterocycles. The van der Waals surface area contributed by atoms with Crippen molar-refractivity contribution in [1.82, 2.24) is 9.78 Å². The van der Waals surface area contributed by atoms with Gasteiger partial charge >= 0.3 is 7.60 Å². The van der Waals surface area contributed by atoms with E-state index in [1.807, 2.05) is 6.92 Å². The molecule has 0 N–H and O–H groups in total. The van der Waals surface area contributed by atoms with Gasteiger partial charge in [0, 0.05) is 13.7 Å². The Kier molecular flexibility index (Phi) is 5.48. The summed E-state index contributed by atoms with van der Waals surface area (Å²) in [6.07, 6.45) is 0.836. The third-order valence-corrected chi connectivity index (χ3v) is 4.94. The van der Waals surface area contributed by atoms with Crippen LogP contribution < -0.4 is 5.44 Å². The Morgan fingerprint density at radius 2 is 2.06 bits per heavy atom. The lowest BCUT2D eigenvalue weighted by Crippen LogP contribution is -2.13. The molecule has 0 spiro atoms. The van der Waals surface area contributed by atoms with Gasteiger partial charge in [0.1, 0.15) is 10.2 Å². The van der Waals surface area contributed by atoms with Crippen LogP contribution in [0.2, 0.25) is 10.2 Å². The van der Waals surface area contributed by atoms with Gasteiger partial charge in [0.15, 0.2) is 5.44 Å². The minimum absolute atomic E-state index is 0.0713. The van der Waals surface area contributed by atoms with Crippen molar-refractivity contribution in [3.05, 3.63) is 10.2 Å². The quantitative estimate of drug-likeness (QED) is 0.758. The zero-order valence-electron chi connectivity index (χ0n) is 9.94. The zero-order chi connectivity index (χ0) is 13.1. The molecule has 1 atom stereocenters. The number of aromatic nitrogens is 2. The van der Waals surface area contributed by atoms with Crippen molar-refractivity contribution in [2.24, 2.45) is 0 Å². The molecule has 0 amide bonds. The summed E-state index contributed by atoms with van der Waals surface area (Å²) >= 11 is 12.0. The topological polar surface area (TPSA) is 53.4 Å². The Morgan fingerprint density at radius 1 is 1.41 bits per heavy atom. The van der Waals surface area contributed by atoms with E-state index in [1.165, 1.54) is 11.8 Å². The number of hydrogen-bond acceptors (Lipinski definition) is 4. The van der Waals surface area contributed by atoms with Gasteiger partial charge in [0.25, 0.3) is 0 Å². The van der Waals surface area contributed by atoms with E-state index in [1.54, 1.807) is 6.92 Å². The van der Waals surface area contributed by atoms with Gasteiger partial charge in [-0.3, -0.25) is 9.25 Å². The molecule has 1 heterocycles. The molecule has 0 aliphatic carbocycles. The predicted octanol–water partition coefficient (Wildman–Crippen LogP) is 3.10. The van der Waals surface area contributed by atoms with Crippen molar-refractivity contribution in [2.75, 3.05) is 13.7 Å². The molecule has 0 saturated carbocycles. The van der Waals surface area contributed by atoms with Crippen LogP contribution in [0.4, 0.5) is 0 Å². The Hall–Kier alpha value is -0.0600. The maximum atomic E-state index is 12.3. The fraction of sp³-hybridized carbons (Fsp3) is 0.667. The summed E-state index contributed by atoms with van der Waals surface area (Å²) in [5.41, 5.74) is 0.0713. The SMILES string of the molecule is CCCn1nc(P(=O)(OC)OCC)c(Cl)c1Cl. The van der Waals surface area contributed by atoms with Crippen LogP contribution in [0.25, 0.3) is 0 Å². The van der Waals surface area contributed by atoms with Gasteiger partial charge in [0.2, 0.25) is 0 Å². The summed E-state index contributed by atoms with van der Waals surface area (Å²) in [4.78, 5) is 0. The van der Waals surface area contributed by atoms with Crippen molar-refractivity contribution < 1.29 is 13.6 Å². The van der Waals surface area contributed by atoms with Gasteiger partial charge in [-0.1, -0.05) is 30.1 Å². The molecule has 1 rings (SSSR count). The molecule has 1 unspecified atom stereocenters. The summed E-state index contributed by atoms with van der Waals surface area (Å²) in [6, 6.07) is 0. The van der Waals surface area contributed by atoms with Crippen LogP contribution in [-0.4, -0.2) is 23.5 Å². The lowest BCUT2D eigenvalue weighted by Gasteiger charge is -2.12. The second-order valence-corrected chi connectivity index (χ2v) is 6.03. The fourth-order valence-electron chi connectivity index (χ4n) is 1.31. The molecule has 0 radical (unpaired) electrons. The fourth-order valence-corrected chi connectivity index (χ4v) is 3.34. The van der Waals surface area contributed by atoms with Crippen LogP contribution in [-0.2, 0) is 20.2 Å². The lowest BCUT2D eigenvalue weighted by atomic mass is 10.5.